The number of aliphatic hydroxyl groups is 1. The Morgan fingerprint density at radius 1 is 1.13 bits per heavy atom. The van der Waals surface area contributed by atoms with Gasteiger partial charge in [0.2, 0.25) is 0 Å². The smallest absolute Gasteiger partial charge is 0.258 e. The van der Waals surface area contributed by atoms with Crippen molar-refractivity contribution in [2.75, 3.05) is 26.2 Å². The van der Waals surface area contributed by atoms with Crippen LogP contribution in [0.25, 0.3) is 33.4 Å². The van der Waals surface area contributed by atoms with Gasteiger partial charge in [0.05, 0.1) is 24.0 Å². The number of fused-ring (bicyclic) bond motifs is 2. The maximum atomic E-state index is 12.9. The highest BCUT2D eigenvalue weighted by Gasteiger charge is 2.14. The number of nitrogens with zero attached hydrogens (tertiary/aromatic N) is 5. The summed E-state index contributed by atoms with van der Waals surface area (Å²) in [6, 6.07) is 11.5. The largest absolute Gasteiger partial charge is 0.395 e. The molecule has 30 heavy (non-hydrogen) atoms. The van der Waals surface area contributed by atoms with Crippen molar-refractivity contribution in [2.24, 2.45) is 7.05 Å². The first-order valence-electron chi connectivity index (χ1n) is 10.1. The quantitative estimate of drug-likeness (QED) is 0.568. The minimum absolute atomic E-state index is 0.0959. The Balaban J connectivity index is 1.50. The maximum Gasteiger partial charge on any atom is 0.258 e. The van der Waals surface area contributed by atoms with Gasteiger partial charge in [0.25, 0.3) is 5.56 Å². The lowest BCUT2D eigenvalue weighted by Gasteiger charge is -2.25. The molecule has 1 N–H and O–H groups in total. The number of aliphatic hydroxyl groups excluding tert-OH is 1. The SMILES string of the molecule is Cn1ncc2cc(-c3cc(=O)n4cc(C5=CCN(CCO)CC5)ccc4n3)ccc21. The van der Waals surface area contributed by atoms with Crippen molar-refractivity contribution < 1.29 is 5.11 Å². The number of aromatic nitrogens is 4. The van der Waals surface area contributed by atoms with Crippen LogP contribution in [0.5, 0.6) is 0 Å². The summed E-state index contributed by atoms with van der Waals surface area (Å²) in [5.41, 5.74) is 5.41. The molecule has 1 aliphatic rings. The Morgan fingerprint density at radius 3 is 2.80 bits per heavy atom. The molecular formula is C23H23N5O2. The molecule has 0 bridgehead atoms. The van der Waals surface area contributed by atoms with Crippen molar-refractivity contribution in [2.45, 2.75) is 6.42 Å². The zero-order valence-electron chi connectivity index (χ0n) is 16.8. The number of aryl methyl sites for hydroxylation is 1. The van der Waals surface area contributed by atoms with E-state index < -0.39 is 0 Å². The van der Waals surface area contributed by atoms with E-state index in [0.717, 1.165) is 41.5 Å². The number of rotatable bonds is 4. The van der Waals surface area contributed by atoms with Gasteiger partial charge in [-0.3, -0.25) is 18.8 Å². The number of hydrogen-bond acceptors (Lipinski definition) is 5. The molecule has 0 radical (unpaired) electrons. The lowest BCUT2D eigenvalue weighted by Crippen LogP contribution is -2.31. The minimum atomic E-state index is -0.0959. The van der Waals surface area contributed by atoms with E-state index in [1.807, 2.05) is 54.5 Å². The number of benzene rings is 1. The van der Waals surface area contributed by atoms with E-state index in [1.54, 1.807) is 10.5 Å². The molecule has 0 fully saturated rings. The van der Waals surface area contributed by atoms with Gasteiger partial charge in [-0.25, -0.2) is 4.98 Å². The molecule has 4 heterocycles. The van der Waals surface area contributed by atoms with Crippen molar-refractivity contribution in [3.63, 3.8) is 0 Å². The lowest BCUT2D eigenvalue weighted by atomic mass is 10.0. The molecule has 7 nitrogen and oxygen atoms in total. The Morgan fingerprint density at radius 2 is 2.00 bits per heavy atom. The van der Waals surface area contributed by atoms with Gasteiger partial charge in [0.15, 0.2) is 0 Å². The molecule has 1 aromatic carbocycles. The van der Waals surface area contributed by atoms with Crippen LogP contribution in [0.15, 0.2) is 59.7 Å². The summed E-state index contributed by atoms with van der Waals surface area (Å²) in [5.74, 6) is 0. The highest BCUT2D eigenvalue weighted by atomic mass is 16.3. The molecule has 0 atom stereocenters. The van der Waals surface area contributed by atoms with Gasteiger partial charge in [-0.05, 0) is 41.8 Å². The summed E-state index contributed by atoms with van der Waals surface area (Å²) in [7, 11) is 1.91. The van der Waals surface area contributed by atoms with Crippen molar-refractivity contribution in [3.8, 4) is 11.3 Å². The third kappa shape index (κ3) is 3.32. The predicted octanol–water partition coefficient (Wildman–Crippen LogP) is 2.33. The highest BCUT2D eigenvalue weighted by Crippen LogP contribution is 2.24. The highest BCUT2D eigenvalue weighted by molar-refractivity contribution is 5.84. The van der Waals surface area contributed by atoms with Crippen LogP contribution in [-0.4, -0.2) is 55.4 Å². The van der Waals surface area contributed by atoms with Gasteiger partial charge in [-0.2, -0.15) is 5.10 Å². The second kappa shape index (κ2) is 7.51. The zero-order valence-corrected chi connectivity index (χ0v) is 16.8. The molecule has 0 aliphatic carbocycles. The summed E-state index contributed by atoms with van der Waals surface area (Å²) in [6.07, 6.45) is 6.78. The van der Waals surface area contributed by atoms with Gasteiger partial charge in [0.1, 0.15) is 5.65 Å². The summed E-state index contributed by atoms with van der Waals surface area (Å²) in [5, 5.41) is 14.4. The van der Waals surface area contributed by atoms with Crippen LogP contribution in [0.4, 0.5) is 0 Å². The molecule has 0 spiro atoms. The average molecular weight is 401 g/mol. The van der Waals surface area contributed by atoms with E-state index >= 15 is 0 Å². The first-order valence-corrected chi connectivity index (χ1v) is 10.1. The Bertz CT molecular complexity index is 1330. The number of β-amino-alcohol motifs (C(OH)–C–C–N with tert-alkyl or cyclic N) is 1. The molecule has 4 aromatic rings. The second-order valence-corrected chi connectivity index (χ2v) is 7.67. The Kier molecular flexibility index (Phi) is 4.69. The van der Waals surface area contributed by atoms with Gasteiger partial charge in [-0.1, -0.05) is 12.1 Å². The van der Waals surface area contributed by atoms with Gasteiger partial charge < -0.3 is 5.11 Å². The Hall–Kier alpha value is -3.29. The van der Waals surface area contributed by atoms with E-state index in [1.165, 1.54) is 5.57 Å². The molecule has 0 amide bonds. The molecule has 0 saturated carbocycles. The van der Waals surface area contributed by atoms with Crippen LogP contribution >= 0.6 is 0 Å². The van der Waals surface area contributed by atoms with Gasteiger partial charge >= 0.3 is 0 Å². The third-order valence-electron chi connectivity index (χ3n) is 5.78. The molecule has 1 aliphatic heterocycles. The monoisotopic (exact) mass is 401 g/mol. The van der Waals surface area contributed by atoms with Crippen molar-refractivity contribution in [1.29, 1.82) is 0 Å². The fraction of sp³-hybridized carbons (Fsp3) is 0.261. The summed E-state index contributed by atoms with van der Waals surface area (Å²) in [6.45, 7) is 2.60. The van der Waals surface area contributed by atoms with Crippen LogP contribution in [0.3, 0.4) is 0 Å². The Labute approximate surface area is 173 Å². The fourth-order valence-electron chi connectivity index (χ4n) is 4.08. The molecular weight excluding hydrogens is 378 g/mol. The first kappa shape index (κ1) is 18.7. The van der Waals surface area contributed by atoms with E-state index in [4.69, 9.17) is 10.1 Å². The lowest BCUT2D eigenvalue weighted by molar-refractivity contribution is 0.208. The summed E-state index contributed by atoms with van der Waals surface area (Å²) >= 11 is 0. The normalized spacial score (nSPS) is 15.1. The zero-order chi connectivity index (χ0) is 20.7. The molecule has 7 heteroatoms. The van der Waals surface area contributed by atoms with E-state index in [0.29, 0.717) is 17.9 Å². The second-order valence-electron chi connectivity index (χ2n) is 7.67. The fourth-order valence-corrected chi connectivity index (χ4v) is 4.08. The molecule has 5 rings (SSSR count). The van der Waals surface area contributed by atoms with E-state index in [2.05, 4.69) is 16.1 Å². The average Bonchev–Trinajstić information content (AvgIpc) is 3.14. The number of hydrogen-bond donors (Lipinski definition) is 1. The topological polar surface area (TPSA) is 75.7 Å². The van der Waals surface area contributed by atoms with Crippen molar-refractivity contribution >= 4 is 22.1 Å². The van der Waals surface area contributed by atoms with Crippen LogP contribution in [0.2, 0.25) is 0 Å². The van der Waals surface area contributed by atoms with Crippen LogP contribution in [0, 0.1) is 0 Å². The maximum absolute atomic E-state index is 12.9. The molecule has 152 valence electrons. The standard InChI is InChI=1S/C23H23N5O2/c1-26-21-4-2-17(12-19(21)14-24-26)20-13-23(30)28-15-18(3-5-22(28)25-20)16-6-8-27(9-7-16)10-11-29/h2-6,12-15,29H,7-11H2,1H3. The minimum Gasteiger partial charge on any atom is -0.395 e. The first-order chi connectivity index (χ1) is 14.6. The van der Waals surface area contributed by atoms with E-state index in [-0.39, 0.29) is 12.2 Å². The summed E-state index contributed by atoms with van der Waals surface area (Å²) < 4.78 is 3.44. The van der Waals surface area contributed by atoms with Crippen LogP contribution in [0.1, 0.15) is 12.0 Å². The van der Waals surface area contributed by atoms with Crippen LogP contribution < -0.4 is 5.56 Å². The molecule has 3 aromatic heterocycles. The van der Waals surface area contributed by atoms with Gasteiger partial charge in [-0.15, -0.1) is 0 Å². The molecule has 0 saturated heterocycles. The van der Waals surface area contributed by atoms with Crippen LogP contribution in [-0.2, 0) is 7.05 Å². The van der Waals surface area contributed by atoms with Crippen molar-refractivity contribution in [1.82, 2.24) is 24.1 Å². The predicted molar refractivity (Wildman–Crippen MR) is 117 cm³/mol. The van der Waals surface area contributed by atoms with E-state index in [9.17, 15) is 4.79 Å². The third-order valence-corrected chi connectivity index (χ3v) is 5.78. The molecule has 0 unspecified atom stereocenters. The number of pyridine rings is 1. The van der Waals surface area contributed by atoms with Gasteiger partial charge in [0, 0.05) is 49.9 Å². The summed E-state index contributed by atoms with van der Waals surface area (Å²) in [4.78, 5) is 19.8. The van der Waals surface area contributed by atoms with Crippen molar-refractivity contribution in [3.05, 3.63) is 70.8 Å².